The van der Waals surface area contributed by atoms with Gasteiger partial charge in [-0.1, -0.05) is 122 Å². The number of hydrogen-bond acceptors (Lipinski definition) is 12. The third kappa shape index (κ3) is 31.6. The van der Waals surface area contributed by atoms with Crippen LogP contribution >= 0.6 is 46.4 Å². The van der Waals surface area contributed by atoms with Gasteiger partial charge in [0.25, 0.3) is 0 Å². The molecule has 8 rings (SSSR count). The number of halogens is 4. The zero-order valence-corrected chi connectivity index (χ0v) is 52.2. The topological polar surface area (TPSA) is 180 Å². The Kier molecular flexibility index (Phi) is 41.2. The van der Waals surface area contributed by atoms with E-state index in [1.807, 2.05) is 194 Å². The fourth-order valence-electron chi connectivity index (χ4n) is 6.00. The molecule has 0 heterocycles. The molecule has 22 heteroatoms. The number of nitrogens with zero attached hydrogens (tertiary/aromatic N) is 8. The van der Waals surface area contributed by atoms with Crippen LogP contribution in [0.4, 0.5) is 45.5 Å². The molecule has 0 saturated heterocycles. The van der Waals surface area contributed by atoms with Crippen LogP contribution in [0.3, 0.4) is 0 Å². The molecule has 0 radical (unpaired) electrons. The molecule has 8 aromatic carbocycles. The summed E-state index contributed by atoms with van der Waals surface area (Å²) in [4.78, 5) is 17.0. The quantitative estimate of drug-likeness (QED) is 0.0313. The summed E-state index contributed by atoms with van der Waals surface area (Å²) in [6.45, 7) is 0. The van der Waals surface area contributed by atoms with Gasteiger partial charge < -0.3 is 79.1 Å². The van der Waals surface area contributed by atoms with Crippen LogP contribution < -0.4 is 37.9 Å². The molecule has 8 aromatic rings. The van der Waals surface area contributed by atoms with E-state index in [9.17, 15) is 0 Å². The van der Waals surface area contributed by atoms with E-state index in [1.165, 1.54) is 25.4 Å². The Labute approximate surface area is 533 Å². The van der Waals surface area contributed by atoms with Gasteiger partial charge in [-0.05, 0) is 143 Å². The molecule has 0 unspecified atom stereocenters. The average Bonchev–Trinajstić information content (AvgIpc) is 3.54. The molecule has 0 saturated carbocycles. The zero-order chi connectivity index (χ0) is 59.4. The van der Waals surface area contributed by atoms with Crippen LogP contribution in [0.15, 0.2) is 214 Å². The van der Waals surface area contributed by atoms with Crippen LogP contribution in [-0.2, 0) is 33.0 Å². The fourth-order valence-corrected chi connectivity index (χ4v) is 6.00. The van der Waals surface area contributed by atoms with Gasteiger partial charge in [0.1, 0.15) is 46.0 Å². The smallest absolute Gasteiger partial charge is 0.497 e. The molecule has 0 bridgehead atoms. The molecule has 0 spiro atoms. The molecule has 0 N–H and O–H groups in total. The van der Waals surface area contributed by atoms with Gasteiger partial charge in [0.2, 0.25) is 0 Å². The monoisotopic (exact) mass is 1300 g/mol. The first-order valence-electron chi connectivity index (χ1n) is 24.4. The van der Waals surface area contributed by atoms with Crippen LogP contribution in [0.25, 0.3) is 21.3 Å². The summed E-state index contributed by atoms with van der Waals surface area (Å²) in [7, 11) is 13.1. The summed E-state index contributed by atoms with van der Waals surface area (Å²) in [6.07, 6.45) is 6.13. The maximum Gasteiger partial charge on any atom is 2.00 e. The van der Waals surface area contributed by atoms with Crippen LogP contribution in [-0.4, -0.2) is 92.9 Å². The van der Waals surface area contributed by atoms with Crippen molar-refractivity contribution in [1.82, 2.24) is 0 Å². The fraction of sp³-hybridized carbons (Fsp3) is 0.161. The third-order valence-electron chi connectivity index (χ3n) is 10.2. The second-order valence-corrected chi connectivity index (χ2v) is 16.9. The first-order chi connectivity index (χ1) is 40.1. The Balaban J connectivity index is 0.000000538. The van der Waals surface area contributed by atoms with Crippen molar-refractivity contribution in [2.45, 2.75) is 0 Å². The maximum atomic E-state index is 5.08. The van der Waals surface area contributed by atoms with Crippen molar-refractivity contribution in [3.8, 4) is 46.0 Å². The SMILES string of the molecule is COc1ccc(N=C[N-]c2ccc(OC)cc2)cc1.COc1ccc(N=C[N-]c2ccc(OC)cc2)cc1.COc1ccc(N=C[N-]c2ccc(OC)cc2)cc1.COc1ccc(N=C[N-]c2ccc(OC)cc2)cc1.ClCCl.ClCCl.[Ni+2].[Ni+2]. The second-order valence-electron chi connectivity index (χ2n) is 15.3. The van der Waals surface area contributed by atoms with Crippen molar-refractivity contribution < 1.29 is 70.9 Å². The van der Waals surface area contributed by atoms with Gasteiger partial charge in [0.05, 0.1) is 67.6 Å². The summed E-state index contributed by atoms with van der Waals surface area (Å²) in [5, 5.41) is 17.4. The van der Waals surface area contributed by atoms with Gasteiger partial charge in [-0.2, -0.15) is 0 Å². The van der Waals surface area contributed by atoms with Crippen molar-refractivity contribution in [3.05, 3.63) is 215 Å². The van der Waals surface area contributed by atoms with E-state index in [-0.39, 0.29) is 43.7 Å². The Morgan fingerprint density at radius 3 is 0.488 bits per heavy atom. The Bertz CT molecular complexity index is 2620. The zero-order valence-electron chi connectivity index (χ0n) is 47.2. The molecular weight excluding hydrogens is 1240 g/mol. The van der Waals surface area contributed by atoms with E-state index in [2.05, 4.69) is 41.2 Å². The van der Waals surface area contributed by atoms with Crippen molar-refractivity contribution in [2.24, 2.45) is 20.0 Å². The number of rotatable bonds is 20. The normalized spacial score (nSPS) is 9.86. The van der Waals surface area contributed by atoms with Crippen LogP contribution in [0.1, 0.15) is 0 Å². The number of alkyl halides is 4. The Morgan fingerprint density at radius 1 is 0.250 bits per heavy atom. The number of methoxy groups -OCH3 is 8. The molecule has 0 aromatic heterocycles. The van der Waals surface area contributed by atoms with Gasteiger partial charge in [-0.3, -0.25) is 0 Å². The number of benzene rings is 8. The minimum atomic E-state index is 0. The third-order valence-corrected chi connectivity index (χ3v) is 10.2. The molecular formula is C62H64Cl4N8Ni2O8. The second kappa shape index (κ2) is 46.6. The van der Waals surface area contributed by atoms with Crippen LogP contribution in [0, 0.1) is 0 Å². The minimum absolute atomic E-state index is 0. The summed E-state index contributed by atoms with van der Waals surface area (Å²) in [6, 6.07) is 59.8. The molecule has 0 aliphatic rings. The Morgan fingerprint density at radius 2 is 0.369 bits per heavy atom. The van der Waals surface area contributed by atoms with Gasteiger partial charge in [-0.25, -0.2) is 0 Å². The summed E-state index contributed by atoms with van der Waals surface area (Å²) in [5.74, 6) is 6.49. The van der Waals surface area contributed by atoms with E-state index >= 15 is 0 Å². The van der Waals surface area contributed by atoms with E-state index in [0.717, 1.165) is 91.5 Å². The van der Waals surface area contributed by atoms with Crippen molar-refractivity contribution >= 4 is 117 Å². The van der Waals surface area contributed by atoms with Gasteiger partial charge in [-0.15, -0.1) is 46.4 Å². The van der Waals surface area contributed by atoms with E-state index in [0.29, 0.717) is 0 Å². The molecule has 0 atom stereocenters. The number of aliphatic imine (C=N–C) groups is 4. The predicted octanol–water partition coefficient (Wildman–Crippen LogP) is 19.1. The molecule has 84 heavy (non-hydrogen) atoms. The van der Waals surface area contributed by atoms with Crippen LogP contribution in [0.2, 0.25) is 0 Å². The largest absolute Gasteiger partial charge is 2.00 e. The van der Waals surface area contributed by atoms with E-state index < -0.39 is 0 Å². The van der Waals surface area contributed by atoms with E-state index in [1.54, 1.807) is 56.9 Å². The van der Waals surface area contributed by atoms with Gasteiger partial charge in [0.15, 0.2) is 0 Å². The van der Waals surface area contributed by atoms with Gasteiger partial charge in [0, 0.05) is 0 Å². The maximum absolute atomic E-state index is 5.08. The van der Waals surface area contributed by atoms with Crippen LogP contribution in [0.5, 0.6) is 46.0 Å². The molecule has 448 valence electrons. The molecule has 16 nitrogen and oxygen atoms in total. The summed E-state index contributed by atoms with van der Waals surface area (Å²) >= 11 is 19.1. The van der Waals surface area contributed by atoms with Gasteiger partial charge >= 0.3 is 33.0 Å². The first-order valence-corrected chi connectivity index (χ1v) is 26.5. The standard InChI is InChI=1S/4C15H15N2O2.2CH2Cl2.2Ni/c4*1-18-14-7-3-12(4-8-14)16-11-17-13-5-9-15(19-2)10-6-13;2*2-1-3;;/h4*3-11H,1-2H3;2*1H2;;/q4*-1;;;2*+2. The molecule has 0 fully saturated rings. The van der Waals surface area contributed by atoms with Crippen molar-refractivity contribution in [2.75, 3.05) is 67.6 Å². The van der Waals surface area contributed by atoms with E-state index in [4.69, 9.17) is 84.3 Å². The minimum Gasteiger partial charge on any atom is -0.497 e. The van der Waals surface area contributed by atoms with Crippen molar-refractivity contribution in [1.29, 1.82) is 0 Å². The molecule has 0 aliphatic carbocycles. The predicted molar refractivity (Wildman–Crippen MR) is 342 cm³/mol. The first kappa shape index (κ1) is 74.2. The summed E-state index contributed by atoms with van der Waals surface area (Å²) in [5.41, 5.74) is 6.65. The Hall–Kier alpha value is -7.81. The number of ether oxygens (including phenoxy) is 8. The van der Waals surface area contributed by atoms with Crippen molar-refractivity contribution in [3.63, 3.8) is 0 Å². The molecule has 0 aliphatic heterocycles. The molecule has 0 amide bonds. The summed E-state index contributed by atoms with van der Waals surface area (Å²) < 4.78 is 40.6. The average molecular weight is 1310 g/mol. The number of hydrogen-bond donors (Lipinski definition) is 0.